The fraction of sp³-hybridized carbons (Fsp3) is 0.500. The molecule has 1 aromatic rings. The number of amides is 1. The summed E-state index contributed by atoms with van der Waals surface area (Å²) in [7, 11) is 4.03. The molecular formula is C14H20FN3O. The van der Waals surface area contributed by atoms with E-state index in [2.05, 4.69) is 4.90 Å². The van der Waals surface area contributed by atoms with Gasteiger partial charge in [-0.25, -0.2) is 4.39 Å². The predicted molar refractivity (Wildman–Crippen MR) is 73.4 cm³/mol. The van der Waals surface area contributed by atoms with E-state index < -0.39 is 5.82 Å². The number of likely N-dealkylation sites (tertiary alicyclic amines) is 1. The smallest absolute Gasteiger partial charge is 0.254 e. The van der Waals surface area contributed by atoms with Crippen LogP contribution in [0.2, 0.25) is 0 Å². The Morgan fingerprint density at radius 3 is 2.84 bits per heavy atom. The van der Waals surface area contributed by atoms with Crippen LogP contribution in [-0.4, -0.2) is 48.9 Å². The van der Waals surface area contributed by atoms with Gasteiger partial charge in [-0.2, -0.15) is 0 Å². The van der Waals surface area contributed by atoms with E-state index in [1.54, 1.807) is 11.0 Å². The van der Waals surface area contributed by atoms with Gasteiger partial charge in [0.2, 0.25) is 0 Å². The fourth-order valence-corrected chi connectivity index (χ4v) is 2.40. The Bertz CT molecular complexity index is 476. The number of benzene rings is 1. The first kappa shape index (κ1) is 13.8. The summed E-state index contributed by atoms with van der Waals surface area (Å²) in [5.41, 5.74) is 5.86. The van der Waals surface area contributed by atoms with Crippen molar-refractivity contribution in [3.8, 4) is 0 Å². The number of carbonyl (C=O) groups is 1. The Kier molecular flexibility index (Phi) is 4.04. The zero-order chi connectivity index (χ0) is 14.0. The predicted octanol–water partition coefficient (Wildman–Crippen LogP) is 1.57. The van der Waals surface area contributed by atoms with E-state index in [0.29, 0.717) is 18.2 Å². The molecule has 0 aromatic heterocycles. The Labute approximate surface area is 113 Å². The third-order valence-corrected chi connectivity index (χ3v) is 3.66. The molecule has 1 saturated heterocycles. The fourth-order valence-electron chi connectivity index (χ4n) is 2.40. The van der Waals surface area contributed by atoms with E-state index in [-0.39, 0.29) is 11.6 Å². The normalized spacial score (nSPS) is 19.8. The van der Waals surface area contributed by atoms with Crippen LogP contribution in [0.4, 0.5) is 10.1 Å². The van der Waals surface area contributed by atoms with Crippen molar-refractivity contribution in [1.82, 2.24) is 9.80 Å². The number of nitrogens with zero attached hydrogens (tertiary/aromatic N) is 2. The van der Waals surface area contributed by atoms with Crippen LogP contribution in [0, 0.1) is 5.82 Å². The van der Waals surface area contributed by atoms with Gasteiger partial charge in [-0.3, -0.25) is 4.79 Å². The standard InChI is InChI=1S/C14H20FN3O/c1-17(2)11-4-3-7-18(9-11)14(19)10-5-6-13(16)12(15)8-10/h5-6,8,11H,3-4,7,9,16H2,1-2H3. The van der Waals surface area contributed by atoms with E-state index in [0.717, 1.165) is 19.4 Å². The summed E-state index contributed by atoms with van der Waals surface area (Å²) < 4.78 is 13.4. The van der Waals surface area contributed by atoms with Gasteiger partial charge in [0.05, 0.1) is 5.69 Å². The highest BCUT2D eigenvalue weighted by Gasteiger charge is 2.25. The van der Waals surface area contributed by atoms with Gasteiger partial charge >= 0.3 is 0 Å². The van der Waals surface area contributed by atoms with Crippen molar-refractivity contribution in [3.05, 3.63) is 29.6 Å². The molecule has 1 aliphatic rings. The second-order valence-electron chi connectivity index (χ2n) is 5.25. The van der Waals surface area contributed by atoms with Gasteiger partial charge in [-0.15, -0.1) is 0 Å². The molecule has 104 valence electrons. The summed E-state index contributed by atoms with van der Waals surface area (Å²) in [4.78, 5) is 16.3. The summed E-state index contributed by atoms with van der Waals surface area (Å²) in [6.45, 7) is 1.42. The second-order valence-corrected chi connectivity index (χ2v) is 5.25. The minimum Gasteiger partial charge on any atom is -0.396 e. The number of nitrogens with two attached hydrogens (primary N) is 1. The van der Waals surface area contributed by atoms with Crippen LogP contribution in [0.5, 0.6) is 0 Å². The maximum absolute atomic E-state index is 13.4. The minimum atomic E-state index is -0.535. The van der Waals surface area contributed by atoms with Crippen LogP contribution in [0.15, 0.2) is 18.2 Å². The van der Waals surface area contributed by atoms with Gasteiger partial charge < -0.3 is 15.5 Å². The molecule has 4 nitrogen and oxygen atoms in total. The molecular weight excluding hydrogens is 245 g/mol. The Morgan fingerprint density at radius 2 is 2.21 bits per heavy atom. The Balaban J connectivity index is 2.12. The van der Waals surface area contributed by atoms with E-state index in [1.165, 1.54) is 12.1 Å². The highest BCUT2D eigenvalue weighted by molar-refractivity contribution is 5.94. The zero-order valence-corrected chi connectivity index (χ0v) is 11.4. The van der Waals surface area contributed by atoms with Gasteiger partial charge in [-0.1, -0.05) is 0 Å². The van der Waals surface area contributed by atoms with E-state index in [1.807, 2.05) is 14.1 Å². The third-order valence-electron chi connectivity index (χ3n) is 3.66. The van der Waals surface area contributed by atoms with Gasteiger partial charge in [0.1, 0.15) is 5.82 Å². The summed E-state index contributed by atoms with van der Waals surface area (Å²) in [6, 6.07) is 4.61. The molecule has 5 heteroatoms. The van der Waals surface area contributed by atoms with Crippen molar-refractivity contribution < 1.29 is 9.18 Å². The van der Waals surface area contributed by atoms with Crippen molar-refractivity contribution in [2.24, 2.45) is 0 Å². The lowest BCUT2D eigenvalue weighted by Crippen LogP contribution is -2.47. The van der Waals surface area contributed by atoms with Crippen LogP contribution in [0.3, 0.4) is 0 Å². The third kappa shape index (κ3) is 3.04. The Hall–Kier alpha value is -1.62. The molecule has 1 fully saturated rings. The number of anilines is 1. The molecule has 1 aromatic carbocycles. The molecule has 1 atom stereocenters. The molecule has 19 heavy (non-hydrogen) atoms. The highest BCUT2D eigenvalue weighted by Crippen LogP contribution is 2.18. The molecule has 1 amide bonds. The number of hydrogen-bond acceptors (Lipinski definition) is 3. The topological polar surface area (TPSA) is 49.6 Å². The summed E-state index contributed by atoms with van der Waals surface area (Å²) in [5, 5.41) is 0. The number of rotatable bonds is 2. The number of hydrogen-bond donors (Lipinski definition) is 1. The molecule has 0 bridgehead atoms. The monoisotopic (exact) mass is 265 g/mol. The maximum Gasteiger partial charge on any atom is 0.254 e. The first-order chi connectivity index (χ1) is 8.99. The van der Waals surface area contributed by atoms with Crippen LogP contribution in [-0.2, 0) is 0 Å². The van der Waals surface area contributed by atoms with Crippen molar-refractivity contribution >= 4 is 11.6 Å². The average molecular weight is 265 g/mol. The first-order valence-electron chi connectivity index (χ1n) is 6.50. The largest absolute Gasteiger partial charge is 0.396 e. The summed E-state index contributed by atoms with van der Waals surface area (Å²) >= 11 is 0. The number of piperidine rings is 1. The molecule has 1 unspecified atom stereocenters. The van der Waals surface area contributed by atoms with Gasteiger partial charge in [-0.05, 0) is 45.1 Å². The molecule has 2 N–H and O–H groups in total. The number of likely N-dealkylation sites (N-methyl/N-ethyl adjacent to an activating group) is 1. The lowest BCUT2D eigenvalue weighted by Gasteiger charge is -2.36. The van der Waals surface area contributed by atoms with Crippen LogP contribution < -0.4 is 5.73 Å². The number of nitrogen functional groups attached to an aromatic ring is 1. The number of carbonyl (C=O) groups excluding carboxylic acids is 1. The van der Waals surface area contributed by atoms with Crippen molar-refractivity contribution in [3.63, 3.8) is 0 Å². The first-order valence-corrected chi connectivity index (χ1v) is 6.50. The van der Waals surface area contributed by atoms with Crippen LogP contribution in [0.1, 0.15) is 23.2 Å². The molecule has 0 spiro atoms. The van der Waals surface area contributed by atoms with Gasteiger partial charge in [0, 0.05) is 24.7 Å². The lowest BCUT2D eigenvalue weighted by atomic mass is 10.0. The van der Waals surface area contributed by atoms with Crippen molar-refractivity contribution in [1.29, 1.82) is 0 Å². The molecule has 1 aliphatic heterocycles. The summed E-state index contributed by atoms with van der Waals surface area (Å²) in [6.07, 6.45) is 2.07. The maximum atomic E-state index is 13.4. The van der Waals surface area contributed by atoms with E-state index in [4.69, 9.17) is 5.73 Å². The molecule has 0 aliphatic carbocycles. The minimum absolute atomic E-state index is 0.0707. The van der Waals surface area contributed by atoms with Gasteiger partial charge in [0.15, 0.2) is 0 Å². The SMILES string of the molecule is CN(C)C1CCCN(C(=O)c2ccc(N)c(F)c2)C1. The van der Waals surface area contributed by atoms with Crippen molar-refractivity contribution in [2.75, 3.05) is 32.9 Å². The molecule has 0 saturated carbocycles. The molecule has 0 radical (unpaired) electrons. The van der Waals surface area contributed by atoms with Crippen LogP contribution >= 0.6 is 0 Å². The van der Waals surface area contributed by atoms with E-state index >= 15 is 0 Å². The van der Waals surface area contributed by atoms with Crippen molar-refractivity contribution in [2.45, 2.75) is 18.9 Å². The lowest BCUT2D eigenvalue weighted by molar-refractivity contribution is 0.0634. The number of halogens is 1. The highest BCUT2D eigenvalue weighted by atomic mass is 19.1. The second kappa shape index (κ2) is 5.57. The average Bonchev–Trinajstić information content (AvgIpc) is 2.41. The van der Waals surface area contributed by atoms with E-state index in [9.17, 15) is 9.18 Å². The molecule has 2 rings (SSSR count). The van der Waals surface area contributed by atoms with Gasteiger partial charge in [0.25, 0.3) is 5.91 Å². The molecule has 1 heterocycles. The summed E-state index contributed by atoms with van der Waals surface area (Å²) in [5.74, 6) is -0.655. The Morgan fingerprint density at radius 1 is 1.47 bits per heavy atom. The zero-order valence-electron chi connectivity index (χ0n) is 11.4. The van der Waals surface area contributed by atoms with Crippen LogP contribution in [0.25, 0.3) is 0 Å². The quantitative estimate of drug-likeness (QED) is 0.826.